The maximum absolute atomic E-state index is 11.1. The number of aromatic nitrogens is 1. The van der Waals surface area contributed by atoms with E-state index in [-0.39, 0.29) is 10.6 Å². The summed E-state index contributed by atoms with van der Waals surface area (Å²) in [6, 6.07) is 13.1. The Kier molecular flexibility index (Phi) is 4.57. The average molecular weight is 340 g/mol. The Hall–Kier alpha value is -2.73. The molecule has 3 aromatic rings. The molecule has 1 aromatic heterocycles. The van der Waals surface area contributed by atoms with Gasteiger partial charge in [0, 0.05) is 29.0 Å². The number of benzene rings is 2. The largest absolute Gasteiger partial charge is 0.497 e. The molecule has 0 aliphatic carbocycles. The lowest BCUT2D eigenvalue weighted by Gasteiger charge is -2.02. The number of methoxy groups -OCH3 is 1. The molecule has 1 heterocycles. The highest BCUT2D eigenvalue weighted by Gasteiger charge is 2.13. The number of nitro groups is 1. The maximum Gasteiger partial charge on any atom is 0.272 e. The lowest BCUT2D eigenvalue weighted by Crippen LogP contribution is -1.92. The molecule has 0 atom stereocenters. The van der Waals surface area contributed by atoms with Crippen molar-refractivity contribution >= 4 is 17.0 Å². The van der Waals surface area contributed by atoms with E-state index in [9.17, 15) is 10.1 Å². The predicted octanol–water partition coefficient (Wildman–Crippen LogP) is 4.63. The summed E-state index contributed by atoms with van der Waals surface area (Å²) in [5.41, 5.74) is 3.46. The molecule has 24 heavy (non-hydrogen) atoms. The van der Waals surface area contributed by atoms with Crippen molar-refractivity contribution in [2.24, 2.45) is 0 Å². The Morgan fingerprint density at radius 1 is 1.21 bits per heavy atom. The van der Waals surface area contributed by atoms with E-state index in [0.29, 0.717) is 5.56 Å². The first-order chi connectivity index (χ1) is 11.6. The monoisotopic (exact) mass is 340 g/mol. The van der Waals surface area contributed by atoms with Crippen molar-refractivity contribution in [1.29, 1.82) is 0 Å². The number of hydrogen-bond donors (Lipinski definition) is 0. The minimum absolute atomic E-state index is 0.122. The molecule has 3 rings (SSSR count). The van der Waals surface area contributed by atoms with E-state index in [1.807, 2.05) is 35.7 Å². The van der Waals surface area contributed by atoms with Gasteiger partial charge in [-0.2, -0.15) is 0 Å². The molecule has 0 fully saturated rings. The average Bonchev–Trinajstić information content (AvgIpc) is 3.04. The standard InChI is InChI=1S/C18H16N2O3S/c1-12-3-6-14(10-17(12)20(21)22)16-11-24-18(19-16)9-13-4-7-15(23-2)8-5-13/h3-8,10-11H,9H2,1-2H3. The van der Waals surface area contributed by atoms with Gasteiger partial charge in [-0.25, -0.2) is 4.98 Å². The Bertz CT molecular complexity index is 872. The summed E-state index contributed by atoms with van der Waals surface area (Å²) in [7, 11) is 1.64. The van der Waals surface area contributed by atoms with Crippen LogP contribution in [0, 0.1) is 17.0 Å². The fourth-order valence-corrected chi connectivity index (χ4v) is 3.25. The predicted molar refractivity (Wildman–Crippen MR) is 94.7 cm³/mol. The number of ether oxygens (including phenoxy) is 1. The SMILES string of the molecule is COc1ccc(Cc2nc(-c3ccc(C)c([N+](=O)[O-])c3)cs2)cc1. The van der Waals surface area contributed by atoms with Crippen molar-refractivity contribution in [2.75, 3.05) is 7.11 Å². The smallest absolute Gasteiger partial charge is 0.272 e. The van der Waals surface area contributed by atoms with Crippen LogP contribution in [-0.2, 0) is 6.42 Å². The molecular formula is C18H16N2O3S. The van der Waals surface area contributed by atoms with Gasteiger partial charge in [0.05, 0.1) is 22.7 Å². The highest BCUT2D eigenvalue weighted by Crippen LogP contribution is 2.28. The van der Waals surface area contributed by atoms with Gasteiger partial charge >= 0.3 is 0 Å². The van der Waals surface area contributed by atoms with Crippen molar-refractivity contribution in [1.82, 2.24) is 4.98 Å². The molecule has 0 N–H and O–H groups in total. The minimum Gasteiger partial charge on any atom is -0.497 e. The molecule has 0 aliphatic rings. The van der Waals surface area contributed by atoms with Crippen LogP contribution in [0.15, 0.2) is 47.8 Å². The van der Waals surface area contributed by atoms with Gasteiger partial charge in [-0.3, -0.25) is 10.1 Å². The highest BCUT2D eigenvalue weighted by atomic mass is 32.1. The second-order valence-electron chi connectivity index (χ2n) is 5.41. The Morgan fingerprint density at radius 3 is 2.62 bits per heavy atom. The quantitative estimate of drug-likeness (QED) is 0.502. The summed E-state index contributed by atoms with van der Waals surface area (Å²) in [5.74, 6) is 0.825. The number of hydrogen-bond acceptors (Lipinski definition) is 5. The van der Waals surface area contributed by atoms with Crippen LogP contribution >= 0.6 is 11.3 Å². The molecule has 0 aliphatic heterocycles. The van der Waals surface area contributed by atoms with Crippen LogP contribution < -0.4 is 4.74 Å². The molecule has 0 unspecified atom stereocenters. The van der Waals surface area contributed by atoms with E-state index in [1.54, 1.807) is 37.5 Å². The zero-order valence-corrected chi connectivity index (χ0v) is 14.2. The van der Waals surface area contributed by atoms with E-state index >= 15 is 0 Å². The van der Waals surface area contributed by atoms with E-state index in [2.05, 4.69) is 4.98 Å². The Morgan fingerprint density at radius 2 is 1.96 bits per heavy atom. The van der Waals surface area contributed by atoms with Crippen LogP contribution in [0.1, 0.15) is 16.1 Å². The molecular weight excluding hydrogens is 324 g/mol. The zero-order valence-electron chi connectivity index (χ0n) is 13.4. The first-order valence-electron chi connectivity index (χ1n) is 7.39. The molecule has 0 spiro atoms. The normalized spacial score (nSPS) is 10.6. The lowest BCUT2D eigenvalue weighted by atomic mass is 10.1. The van der Waals surface area contributed by atoms with Crippen LogP contribution in [0.3, 0.4) is 0 Å². The van der Waals surface area contributed by atoms with E-state index in [1.165, 1.54) is 0 Å². The van der Waals surface area contributed by atoms with Crippen molar-refractivity contribution in [3.05, 3.63) is 74.1 Å². The van der Waals surface area contributed by atoms with Crippen molar-refractivity contribution in [3.8, 4) is 17.0 Å². The third kappa shape index (κ3) is 3.44. The second kappa shape index (κ2) is 6.80. The number of thiazole rings is 1. The fraction of sp³-hybridized carbons (Fsp3) is 0.167. The van der Waals surface area contributed by atoms with Crippen molar-refractivity contribution in [2.45, 2.75) is 13.3 Å². The second-order valence-corrected chi connectivity index (χ2v) is 6.35. The molecule has 0 saturated carbocycles. The summed E-state index contributed by atoms with van der Waals surface area (Å²) in [5, 5.41) is 14.0. The summed E-state index contributed by atoms with van der Waals surface area (Å²) in [6.07, 6.45) is 0.725. The lowest BCUT2D eigenvalue weighted by molar-refractivity contribution is -0.385. The molecule has 0 bridgehead atoms. The molecule has 0 radical (unpaired) electrons. The number of nitro benzene ring substituents is 1. The van der Waals surface area contributed by atoms with E-state index in [4.69, 9.17) is 4.74 Å². The zero-order chi connectivity index (χ0) is 17.1. The van der Waals surface area contributed by atoms with Gasteiger partial charge in [0.1, 0.15) is 5.75 Å². The first kappa shape index (κ1) is 16.1. The third-order valence-electron chi connectivity index (χ3n) is 3.77. The van der Waals surface area contributed by atoms with Gasteiger partial charge in [-0.15, -0.1) is 11.3 Å². The molecule has 0 amide bonds. The Balaban J connectivity index is 1.82. The van der Waals surface area contributed by atoms with Gasteiger partial charge in [0.2, 0.25) is 0 Å². The van der Waals surface area contributed by atoms with Crippen LogP contribution in [0.4, 0.5) is 5.69 Å². The molecule has 2 aromatic carbocycles. The summed E-state index contributed by atoms with van der Waals surface area (Å²) < 4.78 is 5.15. The van der Waals surface area contributed by atoms with Crippen LogP contribution in [0.2, 0.25) is 0 Å². The van der Waals surface area contributed by atoms with E-state index in [0.717, 1.165) is 34.0 Å². The summed E-state index contributed by atoms with van der Waals surface area (Å²) in [6.45, 7) is 1.73. The van der Waals surface area contributed by atoms with Gasteiger partial charge < -0.3 is 4.74 Å². The first-order valence-corrected chi connectivity index (χ1v) is 8.27. The fourth-order valence-electron chi connectivity index (χ4n) is 2.41. The minimum atomic E-state index is -0.358. The summed E-state index contributed by atoms with van der Waals surface area (Å²) in [4.78, 5) is 15.3. The molecule has 6 heteroatoms. The molecule has 0 saturated heterocycles. The highest BCUT2D eigenvalue weighted by molar-refractivity contribution is 7.10. The maximum atomic E-state index is 11.1. The Labute approximate surface area is 143 Å². The van der Waals surface area contributed by atoms with Gasteiger partial charge in [-0.1, -0.05) is 24.3 Å². The molecule has 122 valence electrons. The van der Waals surface area contributed by atoms with Gasteiger partial charge in [0.25, 0.3) is 5.69 Å². The topological polar surface area (TPSA) is 65.3 Å². The van der Waals surface area contributed by atoms with Crippen LogP contribution in [0.25, 0.3) is 11.3 Å². The van der Waals surface area contributed by atoms with E-state index < -0.39 is 0 Å². The number of nitrogens with zero attached hydrogens (tertiary/aromatic N) is 2. The molecule has 5 nitrogen and oxygen atoms in total. The third-order valence-corrected chi connectivity index (χ3v) is 4.62. The van der Waals surface area contributed by atoms with Crippen molar-refractivity contribution < 1.29 is 9.66 Å². The van der Waals surface area contributed by atoms with Crippen LogP contribution in [-0.4, -0.2) is 17.0 Å². The number of aryl methyl sites for hydroxylation is 1. The van der Waals surface area contributed by atoms with Gasteiger partial charge in [-0.05, 0) is 24.6 Å². The number of rotatable bonds is 5. The van der Waals surface area contributed by atoms with Crippen LogP contribution in [0.5, 0.6) is 5.75 Å². The van der Waals surface area contributed by atoms with Crippen molar-refractivity contribution in [3.63, 3.8) is 0 Å². The summed E-state index contributed by atoms with van der Waals surface area (Å²) >= 11 is 1.56. The van der Waals surface area contributed by atoms with Gasteiger partial charge in [0.15, 0.2) is 0 Å².